The van der Waals surface area contributed by atoms with Crippen molar-refractivity contribution in [1.82, 2.24) is 10.6 Å². The number of carbonyl (C=O) groups is 1. The summed E-state index contributed by atoms with van der Waals surface area (Å²) in [6.45, 7) is 3.85. The molecule has 110 valence electrons. The Balaban J connectivity index is 1.69. The molecular weight excluding hydrogens is 256 g/mol. The zero-order chi connectivity index (χ0) is 14.2. The topological polar surface area (TPSA) is 70.6 Å². The van der Waals surface area contributed by atoms with Crippen molar-refractivity contribution in [3.8, 4) is 5.75 Å². The van der Waals surface area contributed by atoms with Gasteiger partial charge in [-0.2, -0.15) is 0 Å². The summed E-state index contributed by atoms with van der Waals surface area (Å²) < 4.78 is 5.10. The average Bonchev–Trinajstić information content (AvgIpc) is 2.47. The van der Waals surface area contributed by atoms with Crippen LogP contribution in [0.5, 0.6) is 5.75 Å². The first-order valence-electron chi connectivity index (χ1n) is 7.09. The summed E-state index contributed by atoms with van der Waals surface area (Å²) in [6.07, 6.45) is 2.49. The van der Waals surface area contributed by atoms with Gasteiger partial charge < -0.3 is 20.5 Å². The number of benzene rings is 1. The number of aliphatic carboxylic acids is 1. The van der Waals surface area contributed by atoms with Gasteiger partial charge in [0.2, 0.25) is 0 Å². The summed E-state index contributed by atoms with van der Waals surface area (Å²) in [5, 5.41) is 15.4. The van der Waals surface area contributed by atoms with E-state index in [1.165, 1.54) is 18.4 Å². The van der Waals surface area contributed by atoms with Gasteiger partial charge in [-0.25, -0.2) is 4.79 Å². The van der Waals surface area contributed by atoms with E-state index in [0.717, 1.165) is 32.1 Å². The molecule has 3 N–H and O–H groups in total. The normalized spacial score (nSPS) is 16.0. The first-order chi connectivity index (χ1) is 9.74. The van der Waals surface area contributed by atoms with Gasteiger partial charge in [0, 0.05) is 6.54 Å². The second kappa shape index (κ2) is 7.87. The lowest BCUT2D eigenvalue weighted by molar-refractivity contribution is -0.139. The average molecular weight is 278 g/mol. The van der Waals surface area contributed by atoms with E-state index in [4.69, 9.17) is 9.84 Å². The molecule has 1 aliphatic heterocycles. The fourth-order valence-electron chi connectivity index (χ4n) is 2.36. The van der Waals surface area contributed by atoms with Crippen molar-refractivity contribution in [2.45, 2.75) is 19.4 Å². The van der Waals surface area contributed by atoms with Crippen LogP contribution >= 0.6 is 0 Å². The molecule has 0 radical (unpaired) electrons. The quantitative estimate of drug-likeness (QED) is 0.700. The Morgan fingerprint density at radius 1 is 1.30 bits per heavy atom. The lowest BCUT2D eigenvalue weighted by Gasteiger charge is -2.22. The predicted molar refractivity (Wildman–Crippen MR) is 76.9 cm³/mol. The van der Waals surface area contributed by atoms with Crippen LogP contribution in [0, 0.1) is 5.92 Å². The largest absolute Gasteiger partial charge is 0.482 e. The number of hydrogen-bond acceptors (Lipinski definition) is 4. The van der Waals surface area contributed by atoms with Gasteiger partial charge in [0.25, 0.3) is 0 Å². The van der Waals surface area contributed by atoms with Crippen LogP contribution in [-0.4, -0.2) is 37.3 Å². The van der Waals surface area contributed by atoms with E-state index in [0.29, 0.717) is 5.75 Å². The standard InChI is InChI=1S/C15H22N2O3/c18-15(19)11-20-14-3-1-12(2-4-14)9-17-10-13-5-7-16-8-6-13/h1-4,13,16-17H,5-11H2,(H,18,19). The highest BCUT2D eigenvalue weighted by Crippen LogP contribution is 2.13. The highest BCUT2D eigenvalue weighted by molar-refractivity contribution is 5.68. The third kappa shape index (κ3) is 5.19. The van der Waals surface area contributed by atoms with E-state index in [1.807, 2.05) is 24.3 Å². The maximum atomic E-state index is 10.4. The Kier molecular flexibility index (Phi) is 5.83. The number of carboxylic acid groups (broad SMARTS) is 1. The van der Waals surface area contributed by atoms with Gasteiger partial charge in [0.15, 0.2) is 6.61 Å². The van der Waals surface area contributed by atoms with E-state index in [1.54, 1.807) is 0 Å². The summed E-state index contributed by atoms with van der Waals surface area (Å²) in [5.41, 5.74) is 1.18. The van der Waals surface area contributed by atoms with Gasteiger partial charge in [-0.1, -0.05) is 12.1 Å². The Labute approximate surface area is 119 Å². The number of rotatable bonds is 7. The second-order valence-corrected chi connectivity index (χ2v) is 5.15. The van der Waals surface area contributed by atoms with E-state index in [9.17, 15) is 4.79 Å². The van der Waals surface area contributed by atoms with Crippen LogP contribution in [0.1, 0.15) is 18.4 Å². The molecule has 5 nitrogen and oxygen atoms in total. The molecule has 1 aromatic rings. The second-order valence-electron chi connectivity index (χ2n) is 5.15. The van der Waals surface area contributed by atoms with Gasteiger partial charge in [-0.3, -0.25) is 0 Å². The molecule has 20 heavy (non-hydrogen) atoms. The summed E-state index contributed by atoms with van der Waals surface area (Å²) in [4.78, 5) is 10.4. The summed E-state index contributed by atoms with van der Waals surface area (Å²) in [6, 6.07) is 7.55. The fourth-order valence-corrected chi connectivity index (χ4v) is 2.36. The molecule has 0 saturated carbocycles. The van der Waals surface area contributed by atoms with E-state index >= 15 is 0 Å². The third-order valence-electron chi connectivity index (χ3n) is 3.51. The molecule has 0 spiro atoms. The van der Waals surface area contributed by atoms with Gasteiger partial charge >= 0.3 is 5.97 Å². The smallest absolute Gasteiger partial charge is 0.341 e. The molecule has 1 aromatic carbocycles. The van der Waals surface area contributed by atoms with Crippen molar-refractivity contribution < 1.29 is 14.6 Å². The van der Waals surface area contributed by atoms with Crippen molar-refractivity contribution in [1.29, 1.82) is 0 Å². The molecule has 0 amide bonds. The minimum absolute atomic E-state index is 0.298. The van der Waals surface area contributed by atoms with Crippen molar-refractivity contribution in [3.63, 3.8) is 0 Å². The van der Waals surface area contributed by atoms with Crippen molar-refractivity contribution in [2.75, 3.05) is 26.2 Å². The molecule has 0 aromatic heterocycles. The minimum Gasteiger partial charge on any atom is -0.482 e. The van der Waals surface area contributed by atoms with Crippen LogP contribution in [0.15, 0.2) is 24.3 Å². The Morgan fingerprint density at radius 2 is 2.00 bits per heavy atom. The zero-order valence-electron chi connectivity index (χ0n) is 11.6. The van der Waals surface area contributed by atoms with Crippen molar-refractivity contribution >= 4 is 5.97 Å². The molecule has 0 bridgehead atoms. The van der Waals surface area contributed by atoms with Gasteiger partial charge in [-0.15, -0.1) is 0 Å². The molecule has 1 fully saturated rings. The maximum absolute atomic E-state index is 10.4. The number of carboxylic acids is 1. The van der Waals surface area contributed by atoms with E-state index < -0.39 is 5.97 Å². The van der Waals surface area contributed by atoms with E-state index in [-0.39, 0.29) is 6.61 Å². The maximum Gasteiger partial charge on any atom is 0.341 e. The molecule has 1 saturated heterocycles. The van der Waals surface area contributed by atoms with Crippen LogP contribution < -0.4 is 15.4 Å². The predicted octanol–water partition coefficient (Wildman–Crippen LogP) is 1.24. The minimum atomic E-state index is -0.960. The van der Waals surface area contributed by atoms with Crippen LogP contribution in [0.25, 0.3) is 0 Å². The SMILES string of the molecule is O=C(O)COc1ccc(CNCC2CCNCC2)cc1. The number of nitrogens with one attached hydrogen (secondary N) is 2. The Bertz CT molecular complexity index is 414. The molecule has 2 rings (SSSR count). The number of piperidine rings is 1. The van der Waals surface area contributed by atoms with Crippen molar-refractivity contribution in [3.05, 3.63) is 29.8 Å². The summed E-state index contributed by atoms with van der Waals surface area (Å²) >= 11 is 0. The Hall–Kier alpha value is -1.59. The number of hydrogen-bond donors (Lipinski definition) is 3. The molecule has 1 aliphatic rings. The fraction of sp³-hybridized carbons (Fsp3) is 0.533. The Morgan fingerprint density at radius 3 is 2.65 bits per heavy atom. The lowest BCUT2D eigenvalue weighted by Crippen LogP contribution is -2.33. The zero-order valence-corrected chi connectivity index (χ0v) is 11.6. The lowest BCUT2D eigenvalue weighted by atomic mass is 9.98. The molecule has 0 atom stereocenters. The van der Waals surface area contributed by atoms with Crippen LogP contribution in [0.2, 0.25) is 0 Å². The highest BCUT2D eigenvalue weighted by atomic mass is 16.5. The van der Waals surface area contributed by atoms with Crippen LogP contribution in [0.4, 0.5) is 0 Å². The third-order valence-corrected chi connectivity index (χ3v) is 3.51. The number of ether oxygens (including phenoxy) is 1. The van der Waals surface area contributed by atoms with E-state index in [2.05, 4.69) is 10.6 Å². The van der Waals surface area contributed by atoms with Crippen LogP contribution in [0.3, 0.4) is 0 Å². The first kappa shape index (κ1) is 14.8. The summed E-state index contributed by atoms with van der Waals surface area (Å²) in [7, 11) is 0. The molecular formula is C15H22N2O3. The van der Waals surface area contributed by atoms with Gasteiger partial charge in [-0.05, 0) is 56.1 Å². The monoisotopic (exact) mass is 278 g/mol. The molecule has 5 heteroatoms. The van der Waals surface area contributed by atoms with Crippen LogP contribution in [-0.2, 0) is 11.3 Å². The highest BCUT2D eigenvalue weighted by Gasteiger charge is 2.11. The van der Waals surface area contributed by atoms with Gasteiger partial charge in [0.05, 0.1) is 0 Å². The molecule has 0 aliphatic carbocycles. The molecule has 1 heterocycles. The van der Waals surface area contributed by atoms with Gasteiger partial charge in [0.1, 0.15) is 5.75 Å². The van der Waals surface area contributed by atoms with Crippen molar-refractivity contribution in [2.24, 2.45) is 5.92 Å². The summed E-state index contributed by atoms with van der Waals surface area (Å²) in [5.74, 6) is 0.404. The molecule has 0 unspecified atom stereocenters. The first-order valence-corrected chi connectivity index (χ1v) is 7.09.